The van der Waals surface area contributed by atoms with Crippen LogP contribution in [0.15, 0.2) is 16.3 Å². The van der Waals surface area contributed by atoms with Crippen LogP contribution >= 0.6 is 11.3 Å². The van der Waals surface area contributed by atoms with Crippen molar-refractivity contribution >= 4 is 32.4 Å². The van der Waals surface area contributed by atoms with Crippen LogP contribution in [-0.4, -0.2) is 22.4 Å². The van der Waals surface area contributed by atoms with E-state index in [9.17, 15) is 12.6 Å². The van der Waals surface area contributed by atoms with Gasteiger partial charge in [-0.05, 0) is 6.07 Å². The van der Waals surface area contributed by atoms with E-state index in [1.54, 1.807) is 0 Å². The van der Waals surface area contributed by atoms with Crippen molar-refractivity contribution in [3.05, 3.63) is 16.3 Å². The van der Waals surface area contributed by atoms with Crippen molar-refractivity contribution in [1.82, 2.24) is 4.89 Å². The van der Waals surface area contributed by atoms with Crippen molar-refractivity contribution in [1.29, 1.82) is 0 Å². The first-order chi connectivity index (χ1) is 6.45. The SMILES string of the molecule is O=S(O)Cc1cc(S(=O)(=O)NO)cs1. The minimum absolute atomic E-state index is 0.119. The Morgan fingerprint density at radius 2 is 2.21 bits per heavy atom. The number of hydrogen-bond donors (Lipinski definition) is 3. The van der Waals surface area contributed by atoms with E-state index in [1.165, 1.54) is 11.4 Å². The summed E-state index contributed by atoms with van der Waals surface area (Å²) in [6, 6.07) is 1.23. The van der Waals surface area contributed by atoms with Gasteiger partial charge < -0.3 is 9.76 Å². The second kappa shape index (κ2) is 4.47. The molecule has 3 N–H and O–H groups in total. The maximum atomic E-state index is 11.0. The minimum atomic E-state index is -3.88. The molecule has 9 heteroatoms. The lowest BCUT2D eigenvalue weighted by molar-refractivity contribution is 0.242. The van der Waals surface area contributed by atoms with Gasteiger partial charge in [0.25, 0.3) is 10.0 Å². The summed E-state index contributed by atoms with van der Waals surface area (Å²) in [7, 11) is -3.88. The zero-order valence-corrected chi connectivity index (χ0v) is 9.16. The molecule has 0 aliphatic heterocycles. The van der Waals surface area contributed by atoms with Gasteiger partial charge in [-0.3, -0.25) is 0 Å². The summed E-state index contributed by atoms with van der Waals surface area (Å²) >= 11 is -0.962. The third-order valence-electron chi connectivity index (χ3n) is 1.33. The molecule has 1 aromatic heterocycles. The molecule has 0 spiro atoms. The van der Waals surface area contributed by atoms with Crippen molar-refractivity contribution in [3.8, 4) is 0 Å². The van der Waals surface area contributed by atoms with Crippen LogP contribution < -0.4 is 4.89 Å². The molecule has 1 atom stereocenters. The van der Waals surface area contributed by atoms with E-state index < -0.39 is 21.1 Å². The summed E-state index contributed by atoms with van der Waals surface area (Å²) in [5.74, 6) is -0.119. The monoisotopic (exact) mass is 257 g/mol. The molecule has 0 aliphatic rings. The molecule has 0 saturated carbocycles. The van der Waals surface area contributed by atoms with E-state index in [-0.39, 0.29) is 10.6 Å². The Balaban J connectivity index is 2.94. The third-order valence-corrected chi connectivity index (χ3v) is 4.25. The third kappa shape index (κ3) is 2.83. The van der Waals surface area contributed by atoms with Crippen LogP contribution in [0.25, 0.3) is 0 Å². The predicted molar refractivity (Wildman–Crippen MR) is 50.9 cm³/mol. The topological polar surface area (TPSA) is 104 Å². The Morgan fingerprint density at radius 1 is 1.57 bits per heavy atom. The van der Waals surface area contributed by atoms with Gasteiger partial charge in [0.1, 0.15) is 0 Å². The van der Waals surface area contributed by atoms with Crippen LogP contribution in [-0.2, 0) is 26.9 Å². The largest absolute Gasteiger partial charge is 0.306 e. The summed E-state index contributed by atoms with van der Waals surface area (Å²) in [5, 5.41) is 9.57. The molecule has 80 valence electrons. The normalized spacial score (nSPS) is 14.1. The van der Waals surface area contributed by atoms with Crippen LogP contribution in [0, 0.1) is 0 Å². The maximum Gasteiger partial charge on any atom is 0.263 e. The number of nitrogens with one attached hydrogen (secondary N) is 1. The highest BCUT2D eigenvalue weighted by Gasteiger charge is 2.15. The second-order valence-electron chi connectivity index (χ2n) is 2.31. The highest BCUT2D eigenvalue weighted by molar-refractivity contribution is 7.89. The molecule has 1 unspecified atom stereocenters. The second-order valence-corrected chi connectivity index (χ2v) is 5.90. The quantitative estimate of drug-likeness (QED) is 0.525. The summed E-state index contributed by atoms with van der Waals surface area (Å²) in [6.07, 6.45) is 0. The number of thiophene rings is 1. The van der Waals surface area contributed by atoms with E-state index in [2.05, 4.69) is 0 Å². The lowest BCUT2D eigenvalue weighted by Crippen LogP contribution is -2.18. The first kappa shape index (κ1) is 11.8. The van der Waals surface area contributed by atoms with Gasteiger partial charge in [-0.25, -0.2) is 12.6 Å². The van der Waals surface area contributed by atoms with Gasteiger partial charge >= 0.3 is 0 Å². The zero-order valence-electron chi connectivity index (χ0n) is 6.71. The molecule has 0 fully saturated rings. The Bertz CT molecular complexity index is 436. The lowest BCUT2D eigenvalue weighted by atomic mass is 10.5. The van der Waals surface area contributed by atoms with Gasteiger partial charge in [-0.1, -0.05) is 4.89 Å². The van der Waals surface area contributed by atoms with Gasteiger partial charge in [0.05, 0.1) is 10.6 Å². The molecule has 14 heavy (non-hydrogen) atoms. The molecule has 1 aromatic rings. The highest BCUT2D eigenvalue weighted by Crippen LogP contribution is 2.19. The maximum absolute atomic E-state index is 11.0. The fourth-order valence-electron chi connectivity index (χ4n) is 0.751. The van der Waals surface area contributed by atoms with Gasteiger partial charge in [0.2, 0.25) is 0 Å². The highest BCUT2D eigenvalue weighted by atomic mass is 32.2. The van der Waals surface area contributed by atoms with Crippen molar-refractivity contribution in [2.24, 2.45) is 0 Å². The summed E-state index contributed by atoms with van der Waals surface area (Å²) in [4.78, 5) is 1.50. The molecule has 0 saturated heterocycles. The molecule has 0 radical (unpaired) electrons. The summed E-state index contributed by atoms with van der Waals surface area (Å²) in [5.41, 5.74) is 0. The van der Waals surface area contributed by atoms with Crippen LogP contribution in [0.3, 0.4) is 0 Å². The molecule has 6 nitrogen and oxygen atoms in total. The average Bonchev–Trinajstić information content (AvgIpc) is 2.52. The first-order valence-electron chi connectivity index (χ1n) is 3.26. The molecule has 0 bridgehead atoms. The fourth-order valence-corrected chi connectivity index (χ4v) is 3.31. The Labute approximate surface area is 86.9 Å². The van der Waals surface area contributed by atoms with E-state index in [0.29, 0.717) is 4.88 Å². The number of sulfonamides is 1. The van der Waals surface area contributed by atoms with Gasteiger partial charge in [-0.2, -0.15) is 0 Å². The minimum Gasteiger partial charge on any atom is -0.306 e. The van der Waals surface area contributed by atoms with E-state index >= 15 is 0 Å². The zero-order chi connectivity index (χ0) is 10.8. The first-order valence-corrected chi connectivity index (χ1v) is 6.90. The standard InChI is InChI=1S/C5H7NO5S3/c7-6-14(10,11)5-1-4(12-2-5)3-13(8)9/h1-2,6-7H,3H2,(H,8,9). The molecule has 1 rings (SSSR count). The molecular formula is C5H7NO5S3. The van der Waals surface area contributed by atoms with Crippen molar-refractivity contribution in [3.63, 3.8) is 0 Å². The molecule has 0 aromatic carbocycles. The molecule has 1 heterocycles. The number of hydrogen-bond acceptors (Lipinski definition) is 5. The smallest absolute Gasteiger partial charge is 0.263 e. The van der Waals surface area contributed by atoms with Crippen LogP contribution in [0.5, 0.6) is 0 Å². The Morgan fingerprint density at radius 3 is 2.71 bits per heavy atom. The van der Waals surface area contributed by atoms with E-state index in [4.69, 9.17) is 9.76 Å². The van der Waals surface area contributed by atoms with E-state index in [1.807, 2.05) is 0 Å². The fraction of sp³-hybridized carbons (Fsp3) is 0.200. The van der Waals surface area contributed by atoms with Crippen molar-refractivity contribution in [2.75, 3.05) is 0 Å². The number of rotatable bonds is 4. The predicted octanol–water partition coefficient (Wildman–Crippen LogP) is 0.137. The van der Waals surface area contributed by atoms with Crippen LogP contribution in [0.1, 0.15) is 4.88 Å². The molecular weight excluding hydrogens is 250 g/mol. The van der Waals surface area contributed by atoms with Gasteiger partial charge in [0.15, 0.2) is 11.1 Å². The van der Waals surface area contributed by atoms with Gasteiger partial charge in [-0.15, -0.1) is 11.3 Å². The molecule has 0 amide bonds. The lowest BCUT2D eigenvalue weighted by Gasteiger charge is -1.95. The summed E-state index contributed by atoms with van der Waals surface area (Å²) < 4.78 is 41.0. The van der Waals surface area contributed by atoms with Crippen LogP contribution in [0.2, 0.25) is 0 Å². The van der Waals surface area contributed by atoms with E-state index in [0.717, 1.165) is 16.2 Å². The molecule has 0 aliphatic carbocycles. The Hall–Kier alpha value is -0.320. The van der Waals surface area contributed by atoms with Crippen molar-refractivity contribution in [2.45, 2.75) is 10.6 Å². The van der Waals surface area contributed by atoms with Crippen LogP contribution in [0.4, 0.5) is 0 Å². The average molecular weight is 257 g/mol. The van der Waals surface area contributed by atoms with Crippen molar-refractivity contribution < 1.29 is 22.4 Å². The Kier molecular flexibility index (Phi) is 3.75. The summed E-state index contributed by atoms with van der Waals surface area (Å²) in [6.45, 7) is 0. The van der Waals surface area contributed by atoms with Gasteiger partial charge in [0, 0.05) is 10.3 Å².